The number of H-pyrrole nitrogens is 1. The number of carbonyl (C=O) groups excluding carboxylic acids is 2. The van der Waals surface area contributed by atoms with Crippen molar-refractivity contribution < 1.29 is 19.1 Å². The number of aromatic nitrogens is 1. The molecule has 1 saturated heterocycles. The van der Waals surface area contributed by atoms with E-state index in [1.54, 1.807) is 26.8 Å². The number of ether oxygens (including phenoxy) is 2. The topological polar surface area (TPSA) is 74.9 Å². The molecule has 0 saturated carbocycles. The number of rotatable bonds is 7. The largest absolute Gasteiger partial charge is 0.491 e. The van der Waals surface area contributed by atoms with E-state index in [1.807, 2.05) is 23.1 Å². The summed E-state index contributed by atoms with van der Waals surface area (Å²) in [5.41, 5.74) is 2.22. The van der Waals surface area contributed by atoms with E-state index in [-0.39, 0.29) is 5.91 Å². The van der Waals surface area contributed by atoms with E-state index in [9.17, 15) is 9.59 Å². The number of piperazine rings is 1. The molecule has 2 aromatic rings. The molecule has 3 rings (SSSR count). The number of carbonyl (C=O) groups is 2. The Kier molecular flexibility index (Phi) is 7.39. The van der Waals surface area contributed by atoms with Gasteiger partial charge in [-0.25, -0.2) is 4.79 Å². The first kappa shape index (κ1) is 22.2. The lowest BCUT2D eigenvalue weighted by Crippen LogP contribution is -2.49. The van der Waals surface area contributed by atoms with Crippen molar-refractivity contribution in [3.63, 3.8) is 0 Å². The molecule has 0 bridgehead atoms. The molecule has 0 atom stereocenters. The molecule has 0 spiro atoms. The molecule has 2 heterocycles. The van der Waals surface area contributed by atoms with Crippen LogP contribution in [0.15, 0.2) is 24.3 Å². The first-order chi connectivity index (χ1) is 14.4. The fourth-order valence-corrected chi connectivity index (χ4v) is 3.84. The zero-order valence-electron chi connectivity index (χ0n) is 17.7. The van der Waals surface area contributed by atoms with Gasteiger partial charge in [0.1, 0.15) is 18.1 Å². The minimum Gasteiger partial charge on any atom is -0.491 e. The molecule has 0 radical (unpaired) electrons. The van der Waals surface area contributed by atoms with Crippen LogP contribution in [-0.4, -0.2) is 72.6 Å². The smallest absolute Gasteiger partial charge is 0.340 e. The molecular formula is C22H28ClN3O4. The highest BCUT2D eigenvalue weighted by Gasteiger charge is 2.28. The van der Waals surface area contributed by atoms with E-state index in [2.05, 4.69) is 9.88 Å². The number of aryl methyl sites for hydroxylation is 1. The molecule has 1 amide bonds. The number of nitrogens with one attached hydrogen (secondary N) is 1. The first-order valence-electron chi connectivity index (χ1n) is 10.2. The molecule has 1 aromatic carbocycles. The van der Waals surface area contributed by atoms with Crippen molar-refractivity contribution in [1.29, 1.82) is 0 Å². The van der Waals surface area contributed by atoms with Gasteiger partial charge in [-0.1, -0.05) is 23.7 Å². The number of amides is 1. The van der Waals surface area contributed by atoms with Crippen LogP contribution in [0.25, 0.3) is 0 Å². The number of hydrogen-bond donors (Lipinski definition) is 1. The Balaban J connectivity index is 1.52. The Labute approximate surface area is 181 Å². The molecule has 1 N–H and O–H groups in total. The summed E-state index contributed by atoms with van der Waals surface area (Å²) in [6, 6.07) is 7.42. The highest BCUT2D eigenvalue weighted by atomic mass is 35.5. The van der Waals surface area contributed by atoms with Crippen LogP contribution in [0.2, 0.25) is 5.02 Å². The molecule has 30 heavy (non-hydrogen) atoms. The fraction of sp³-hybridized carbons (Fsp3) is 0.455. The number of halogens is 1. The predicted molar refractivity (Wildman–Crippen MR) is 116 cm³/mol. The second kappa shape index (κ2) is 10.00. The Bertz CT molecular complexity index is 904. The maximum atomic E-state index is 13.0. The molecule has 8 heteroatoms. The highest BCUT2D eigenvalue weighted by molar-refractivity contribution is 6.32. The fourth-order valence-electron chi connectivity index (χ4n) is 3.65. The van der Waals surface area contributed by atoms with E-state index in [1.165, 1.54) is 0 Å². The van der Waals surface area contributed by atoms with Gasteiger partial charge in [-0.05, 0) is 38.5 Å². The Morgan fingerprint density at radius 3 is 2.50 bits per heavy atom. The van der Waals surface area contributed by atoms with Gasteiger partial charge >= 0.3 is 5.97 Å². The van der Waals surface area contributed by atoms with Gasteiger partial charge in [0.15, 0.2) is 0 Å². The van der Waals surface area contributed by atoms with E-state index in [4.69, 9.17) is 21.1 Å². The minimum atomic E-state index is -0.397. The van der Waals surface area contributed by atoms with E-state index in [0.717, 1.165) is 19.6 Å². The Hall–Kier alpha value is -2.51. The van der Waals surface area contributed by atoms with Crippen LogP contribution in [0.3, 0.4) is 0 Å². The lowest BCUT2D eigenvalue weighted by molar-refractivity contribution is 0.0525. The van der Waals surface area contributed by atoms with Crippen molar-refractivity contribution in [1.82, 2.24) is 14.8 Å². The lowest BCUT2D eigenvalue weighted by Gasteiger charge is -2.34. The summed E-state index contributed by atoms with van der Waals surface area (Å²) in [5, 5.41) is 0.603. The van der Waals surface area contributed by atoms with Crippen molar-refractivity contribution in [2.75, 3.05) is 45.9 Å². The average Bonchev–Trinajstić information content (AvgIpc) is 3.03. The molecule has 1 aliphatic heterocycles. The summed E-state index contributed by atoms with van der Waals surface area (Å²) in [4.78, 5) is 32.3. The van der Waals surface area contributed by atoms with Gasteiger partial charge in [-0.2, -0.15) is 0 Å². The van der Waals surface area contributed by atoms with E-state index in [0.29, 0.717) is 59.6 Å². The van der Waals surface area contributed by atoms with Gasteiger partial charge in [0.2, 0.25) is 0 Å². The molecule has 162 valence electrons. The van der Waals surface area contributed by atoms with Crippen LogP contribution in [0.1, 0.15) is 39.0 Å². The number of aromatic amines is 1. The monoisotopic (exact) mass is 433 g/mol. The molecule has 1 aromatic heterocycles. The second-order valence-corrected chi connectivity index (χ2v) is 7.67. The third-order valence-corrected chi connectivity index (χ3v) is 5.60. The SMILES string of the molecule is CCOC(=O)c1c(C)[nH]c(C(=O)N2CCN(CCOc3ccccc3Cl)CC2)c1C. The molecule has 1 fully saturated rings. The molecule has 0 aliphatic carbocycles. The van der Waals surface area contributed by atoms with Crippen LogP contribution >= 0.6 is 11.6 Å². The third kappa shape index (κ3) is 4.96. The van der Waals surface area contributed by atoms with Crippen molar-refractivity contribution in [3.8, 4) is 5.75 Å². The van der Waals surface area contributed by atoms with E-state index < -0.39 is 5.97 Å². The summed E-state index contributed by atoms with van der Waals surface area (Å²) in [6.07, 6.45) is 0. The van der Waals surface area contributed by atoms with Crippen molar-refractivity contribution in [3.05, 3.63) is 51.8 Å². The summed E-state index contributed by atoms with van der Waals surface area (Å²) >= 11 is 6.11. The van der Waals surface area contributed by atoms with Crippen LogP contribution in [-0.2, 0) is 4.74 Å². The molecular weight excluding hydrogens is 406 g/mol. The quantitative estimate of drug-likeness (QED) is 0.678. The predicted octanol–water partition coefficient (Wildman–Crippen LogP) is 3.30. The first-order valence-corrected chi connectivity index (χ1v) is 10.5. The zero-order chi connectivity index (χ0) is 21.7. The number of para-hydroxylation sites is 1. The number of hydrogen-bond acceptors (Lipinski definition) is 5. The van der Waals surface area contributed by atoms with Gasteiger partial charge < -0.3 is 19.4 Å². The van der Waals surface area contributed by atoms with E-state index >= 15 is 0 Å². The maximum Gasteiger partial charge on any atom is 0.340 e. The normalized spacial score (nSPS) is 14.6. The molecule has 1 aliphatic rings. The Morgan fingerprint density at radius 1 is 1.13 bits per heavy atom. The van der Waals surface area contributed by atoms with Crippen LogP contribution in [0, 0.1) is 13.8 Å². The summed E-state index contributed by atoms with van der Waals surface area (Å²) in [7, 11) is 0. The molecule has 0 unspecified atom stereocenters. The number of nitrogens with zero attached hydrogens (tertiary/aromatic N) is 2. The number of benzene rings is 1. The van der Waals surface area contributed by atoms with Gasteiger partial charge in [-0.15, -0.1) is 0 Å². The van der Waals surface area contributed by atoms with Gasteiger partial charge in [0, 0.05) is 38.4 Å². The van der Waals surface area contributed by atoms with Crippen LogP contribution < -0.4 is 4.74 Å². The maximum absolute atomic E-state index is 13.0. The van der Waals surface area contributed by atoms with Gasteiger partial charge in [-0.3, -0.25) is 9.69 Å². The van der Waals surface area contributed by atoms with Crippen LogP contribution in [0.5, 0.6) is 5.75 Å². The van der Waals surface area contributed by atoms with Crippen molar-refractivity contribution in [2.45, 2.75) is 20.8 Å². The summed E-state index contributed by atoms with van der Waals surface area (Å²) in [6.45, 7) is 9.71. The Morgan fingerprint density at radius 2 is 1.83 bits per heavy atom. The number of esters is 1. The highest BCUT2D eigenvalue weighted by Crippen LogP contribution is 2.23. The zero-order valence-corrected chi connectivity index (χ0v) is 18.4. The van der Waals surface area contributed by atoms with Gasteiger partial charge in [0.25, 0.3) is 5.91 Å². The second-order valence-electron chi connectivity index (χ2n) is 7.26. The van der Waals surface area contributed by atoms with Crippen molar-refractivity contribution >= 4 is 23.5 Å². The summed E-state index contributed by atoms with van der Waals surface area (Å²) < 4.78 is 10.9. The van der Waals surface area contributed by atoms with Crippen molar-refractivity contribution in [2.24, 2.45) is 0 Å². The minimum absolute atomic E-state index is 0.0851. The van der Waals surface area contributed by atoms with Crippen LogP contribution in [0.4, 0.5) is 0 Å². The third-order valence-electron chi connectivity index (χ3n) is 5.29. The summed E-state index contributed by atoms with van der Waals surface area (Å²) in [5.74, 6) is 0.201. The molecule has 7 nitrogen and oxygen atoms in total. The lowest BCUT2D eigenvalue weighted by atomic mass is 10.1. The average molecular weight is 434 g/mol. The van der Waals surface area contributed by atoms with Gasteiger partial charge in [0.05, 0.1) is 17.2 Å². The standard InChI is InChI=1S/C22H28ClN3O4/c1-4-29-22(28)19-15(2)20(24-16(19)3)21(27)26-11-9-25(10-12-26)13-14-30-18-8-6-5-7-17(18)23/h5-8,24H,4,9-14H2,1-3H3.